The standard InChI is InChI=1S/C14H18N4/c1-2-12(10-18-7-6-16-11-18)8-13(3-1)17-14-4-5-15-9-14/h1-3,6-8,11,14-15,17H,4-5,9-10H2. The van der Waals surface area contributed by atoms with E-state index in [2.05, 4.69) is 44.5 Å². The molecule has 0 spiro atoms. The minimum atomic E-state index is 0.563. The maximum Gasteiger partial charge on any atom is 0.0949 e. The van der Waals surface area contributed by atoms with Crippen molar-refractivity contribution in [3.63, 3.8) is 0 Å². The highest BCUT2D eigenvalue weighted by Gasteiger charge is 2.13. The van der Waals surface area contributed by atoms with E-state index in [9.17, 15) is 0 Å². The lowest BCUT2D eigenvalue weighted by Gasteiger charge is -2.14. The molecule has 2 heterocycles. The summed E-state index contributed by atoms with van der Waals surface area (Å²) < 4.78 is 2.08. The van der Waals surface area contributed by atoms with Gasteiger partial charge in [-0.2, -0.15) is 0 Å². The van der Waals surface area contributed by atoms with E-state index in [1.807, 2.05) is 18.7 Å². The van der Waals surface area contributed by atoms with Crippen LogP contribution in [0.3, 0.4) is 0 Å². The third-order valence-corrected chi connectivity index (χ3v) is 3.28. The molecule has 1 saturated heterocycles. The van der Waals surface area contributed by atoms with Crippen molar-refractivity contribution in [2.45, 2.75) is 19.0 Å². The Balaban J connectivity index is 1.68. The molecule has 2 aromatic rings. The van der Waals surface area contributed by atoms with Gasteiger partial charge in [-0.25, -0.2) is 4.98 Å². The third-order valence-electron chi connectivity index (χ3n) is 3.28. The maximum absolute atomic E-state index is 4.06. The summed E-state index contributed by atoms with van der Waals surface area (Å²) in [7, 11) is 0. The zero-order valence-electron chi connectivity index (χ0n) is 10.3. The van der Waals surface area contributed by atoms with Crippen molar-refractivity contribution in [3.05, 3.63) is 48.5 Å². The summed E-state index contributed by atoms with van der Waals surface area (Å²) in [5, 5.41) is 6.94. The fraction of sp³-hybridized carbons (Fsp3) is 0.357. The highest BCUT2D eigenvalue weighted by molar-refractivity contribution is 5.46. The monoisotopic (exact) mass is 242 g/mol. The van der Waals surface area contributed by atoms with Crippen LogP contribution < -0.4 is 10.6 Å². The van der Waals surface area contributed by atoms with E-state index >= 15 is 0 Å². The molecular weight excluding hydrogens is 224 g/mol. The molecule has 0 saturated carbocycles. The normalized spacial score (nSPS) is 19.0. The first-order chi connectivity index (χ1) is 8.90. The number of nitrogens with zero attached hydrogens (tertiary/aromatic N) is 2. The van der Waals surface area contributed by atoms with Gasteiger partial charge in [0.25, 0.3) is 0 Å². The van der Waals surface area contributed by atoms with Gasteiger partial charge in [-0.3, -0.25) is 0 Å². The second-order valence-corrected chi connectivity index (χ2v) is 4.77. The number of aromatic nitrogens is 2. The maximum atomic E-state index is 4.06. The smallest absolute Gasteiger partial charge is 0.0949 e. The van der Waals surface area contributed by atoms with Crippen molar-refractivity contribution in [2.75, 3.05) is 18.4 Å². The molecular formula is C14H18N4. The summed E-state index contributed by atoms with van der Waals surface area (Å²) in [6.45, 7) is 3.05. The second kappa shape index (κ2) is 5.23. The minimum Gasteiger partial charge on any atom is -0.381 e. The van der Waals surface area contributed by atoms with Crippen molar-refractivity contribution in [1.29, 1.82) is 0 Å². The Kier molecular flexibility index (Phi) is 3.28. The minimum absolute atomic E-state index is 0.563. The summed E-state index contributed by atoms with van der Waals surface area (Å²) >= 11 is 0. The van der Waals surface area contributed by atoms with Gasteiger partial charge in [0.1, 0.15) is 0 Å². The number of nitrogens with one attached hydrogen (secondary N) is 2. The lowest BCUT2D eigenvalue weighted by Crippen LogP contribution is -2.22. The summed E-state index contributed by atoms with van der Waals surface area (Å²) in [6, 6.07) is 9.18. The van der Waals surface area contributed by atoms with Crippen LogP contribution in [0.5, 0.6) is 0 Å². The van der Waals surface area contributed by atoms with Crippen LogP contribution in [0, 0.1) is 0 Å². The molecule has 1 aromatic heterocycles. The fourth-order valence-electron chi connectivity index (χ4n) is 2.36. The summed E-state index contributed by atoms with van der Waals surface area (Å²) in [4.78, 5) is 4.06. The molecule has 4 nitrogen and oxygen atoms in total. The van der Waals surface area contributed by atoms with Crippen LogP contribution in [0.2, 0.25) is 0 Å². The number of imidazole rings is 1. The van der Waals surface area contributed by atoms with Gasteiger partial charge >= 0.3 is 0 Å². The van der Waals surface area contributed by atoms with Crippen molar-refractivity contribution in [1.82, 2.24) is 14.9 Å². The van der Waals surface area contributed by atoms with E-state index in [0.717, 1.165) is 19.6 Å². The molecule has 2 N–H and O–H groups in total. The highest BCUT2D eigenvalue weighted by atomic mass is 15.0. The molecule has 18 heavy (non-hydrogen) atoms. The predicted molar refractivity (Wildman–Crippen MR) is 72.7 cm³/mol. The summed E-state index contributed by atoms with van der Waals surface area (Å²) in [6.07, 6.45) is 6.85. The van der Waals surface area contributed by atoms with Crippen molar-refractivity contribution in [3.8, 4) is 0 Å². The van der Waals surface area contributed by atoms with Gasteiger partial charge in [0, 0.05) is 37.2 Å². The van der Waals surface area contributed by atoms with Crippen LogP contribution in [0.4, 0.5) is 5.69 Å². The number of anilines is 1. The fourth-order valence-corrected chi connectivity index (χ4v) is 2.36. The molecule has 1 aliphatic heterocycles. The van der Waals surface area contributed by atoms with Gasteiger partial charge < -0.3 is 15.2 Å². The van der Waals surface area contributed by atoms with E-state index in [1.165, 1.54) is 17.7 Å². The number of hydrogen-bond acceptors (Lipinski definition) is 3. The zero-order chi connectivity index (χ0) is 12.2. The Morgan fingerprint density at radius 3 is 3.22 bits per heavy atom. The first kappa shape index (κ1) is 11.3. The molecule has 1 fully saturated rings. The lowest BCUT2D eigenvalue weighted by atomic mass is 10.1. The highest BCUT2D eigenvalue weighted by Crippen LogP contribution is 2.14. The second-order valence-electron chi connectivity index (χ2n) is 4.77. The van der Waals surface area contributed by atoms with E-state index in [1.54, 1.807) is 0 Å². The molecule has 3 rings (SSSR count). The topological polar surface area (TPSA) is 41.9 Å². The Labute approximate surface area is 107 Å². The molecule has 1 atom stereocenters. The van der Waals surface area contributed by atoms with Gasteiger partial charge in [0.2, 0.25) is 0 Å². The Bertz CT molecular complexity index is 486. The van der Waals surface area contributed by atoms with Crippen LogP contribution in [0.15, 0.2) is 43.0 Å². The molecule has 0 bridgehead atoms. The van der Waals surface area contributed by atoms with E-state index in [4.69, 9.17) is 0 Å². The van der Waals surface area contributed by atoms with Crippen LogP contribution in [0.1, 0.15) is 12.0 Å². The van der Waals surface area contributed by atoms with Crippen LogP contribution >= 0.6 is 0 Å². The first-order valence-corrected chi connectivity index (χ1v) is 6.42. The van der Waals surface area contributed by atoms with Gasteiger partial charge in [0.05, 0.1) is 6.33 Å². The summed E-state index contributed by atoms with van der Waals surface area (Å²) in [5.74, 6) is 0. The molecule has 0 aliphatic carbocycles. The quantitative estimate of drug-likeness (QED) is 0.857. The Morgan fingerprint density at radius 2 is 2.44 bits per heavy atom. The molecule has 94 valence electrons. The van der Waals surface area contributed by atoms with Gasteiger partial charge in [-0.05, 0) is 30.7 Å². The number of benzene rings is 1. The van der Waals surface area contributed by atoms with Crippen molar-refractivity contribution < 1.29 is 0 Å². The average molecular weight is 242 g/mol. The lowest BCUT2D eigenvalue weighted by molar-refractivity contribution is 0.786. The van der Waals surface area contributed by atoms with Gasteiger partial charge in [0.15, 0.2) is 0 Å². The molecule has 1 aromatic carbocycles. The van der Waals surface area contributed by atoms with Crippen LogP contribution in [0.25, 0.3) is 0 Å². The van der Waals surface area contributed by atoms with Crippen molar-refractivity contribution in [2.24, 2.45) is 0 Å². The summed E-state index contributed by atoms with van der Waals surface area (Å²) in [5.41, 5.74) is 2.50. The third kappa shape index (κ3) is 2.71. The Hall–Kier alpha value is -1.81. The Morgan fingerprint density at radius 1 is 1.44 bits per heavy atom. The van der Waals surface area contributed by atoms with Crippen LogP contribution in [-0.4, -0.2) is 28.7 Å². The van der Waals surface area contributed by atoms with Crippen LogP contribution in [-0.2, 0) is 6.54 Å². The molecule has 0 radical (unpaired) electrons. The van der Waals surface area contributed by atoms with Gasteiger partial charge in [-0.1, -0.05) is 12.1 Å². The van der Waals surface area contributed by atoms with E-state index in [0.29, 0.717) is 6.04 Å². The molecule has 4 heteroatoms. The molecule has 1 unspecified atom stereocenters. The largest absolute Gasteiger partial charge is 0.381 e. The average Bonchev–Trinajstić information content (AvgIpc) is 3.03. The number of rotatable bonds is 4. The van der Waals surface area contributed by atoms with Gasteiger partial charge in [-0.15, -0.1) is 0 Å². The number of hydrogen-bond donors (Lipinski definition) is 2. The zero-order valence-corrected chi connectivity index (χ0v) is 10.3. The molecule has 1 aliphatic rings. The van der Waals surface area contributed by atoms with Crippen molar-refractivity contribution >= 4 is 5.69 Å². The molecule has 0 amide bonds. The predicted octanol–water partition coefficient (Wildman–Crippen LogP) is 1.71. The first-order valence-electron chi connectivity index (χ1n) is 6.42. The van der Waals surface area contributed by atoms with E-state index < -0.39 is 0 Å². The van der Waals surface area contributed by atoms with E-state index in [-0.39, 0.29) is 0 Å². The SMILES string of the molecule is c1cc(Cn2ccnc2)cc(NC2CCNC2)c1.